The van der Waals surface area contributed by atoms with Crippen molar-refractivity contribution >= 4 is 6.09 Å². The van der Waals surface area contributed by atoms with Crippen LogP contribution in [0.4, 0.5) is 4.79 Å². The average Bonchev–Trinajstić information content (AvgIpc) is 2.15. The summed E-state index contributed by atoms with van der Waals surface area (Å²) in [5.74, 6) is 0.131. The maximum absolute atomic E-state index is 11.4. The molecule has 16 heavy (non-hydrogen) atoms. The second-order valence-corrected chi connectivity index (χ2v) is 4.39. The molecule has 0 saturated carbocycles. The van der Waals surface area contributed by atoms with E-state index in [9.17, 15) is 4.79 Å². The molecule has 5 heteroatoms. The van der Waals surface area contributed by atoms with Gasteiger partial charge >= 0.3 is 6.09 Å². The van der Waals surface area contributed by atoms with Crippen molar-refractivity contribution in [1.82, 2.24) is 10.3 Å². The van der Waals surface area contributed by atoms with E-state index in [1.165, 1.54) is 6.20 Å². The Labute approximate surface area is 94.5 Å². The number of ether oxygens (including phenoxy) is 1. The molecule has 0 saturated heterocycles. The number of aliphatic hydroxyl groups excluding tert-OH is 1. The van der Waals surface area contributed by atoms with E-state index >= 15 is 0 Å². The van der Waals surface area contributed by atoms with Crippen molar-refractivity contribution in [1.29, 1.82) is 0 Å². The highest BCUT2D eigenvalue weighted by atomic mass is 16.6. The van der Waals surface area contributed by atoms with Crippen LogP contribution in [0.2, 0.25) is 0 Å². The molecule has 0 spiro atoms. The van der Waals surface area contributed by atoms with Gasteiger partial charge < -0.3 is 15.2 Å². The van der Waals surface area contributed by atoms with Crippen molar-refractivity contribution in [3.05, 3.63) is 23.9 Å². The zero-order valence-corrected chi connectivity index (χ0v) is 9.65. The highest BCUT2D eigenvalue weighted by Gasteiger charge is 2.16. The van der Waals surface area contributed by atoms with Crippen molar-refractivity contribution in [2.45, 2.75) is 32.9 Å². The van der Waals surface area contributed by atoms with Gasteiger partial charge in [-0.15, -0.1) is 0 Å². The normalized spacial score (nSPS) is 11.0. The third kappa shape index (κ3) is 3.86. The van der Waals surface area contributed by atoms with Crippen LogP contribution < -0.4 is 10.1 Å². The number of carbonyl (C=O) groups is 1. The van der Waals surface area contributed by atoms with Gasteiger partial charge in [0.1, 0.15) is 0 Å². The molecule has 1 heterocycles. The smallest absolute Gasteiger partial charge is 0.391 e. The van der Waals surface area contributed by atoms with Crippen molar-refractivity contribution in [3.63, 3.8) is 0 Å². The van der Waals surface area contributed by atoms with Crippen LogP contribution in [0.1, 0.15) is 26.3 Å². The molecule has 1 amide bonds. The maximum atomic E-state index is 11.4. The van der Waals surface area contributed by atoms with E-state index in [0.717, 1.165) is 0 Å². The molecule has 0 fully saturated rings. The lowest BCUT2D eigenvalue weighted by Gasteiger charge is -2.19. The zero-order valence-electron chi connectivity index (χ0n) is 9.65. The molecular formula is C11H16N2O3. The Balaban J connectivity index is 2.70. The highest BCUT2D eigenvalue weighted by molar-refractivity contribution is 5.70. The number of rotatable bonds is 2. The van der Waals surface area contributed by atoms with E-state index in [1.807, 2.05) is 20.8 Å². The summed E-state index contributed by atoms with van der Waals surface area (Å²) in [6, 6.07) is 3.31. The summed E-state index contributed by atoms with van der Waals surface area (Å²) in [6.07, 6.45) is 0.916. The highest BCUT2D eigenvalue weighted by Crippen LogP contribution is 2.14. The van der Waals surface area contributed by atoms with Gasteiger partial charge in [-0.2, -0.15) is 0 Å². The Morgan fingerprint density at radius 3 is 2.81 bits per heavy atom. The van der Waals surface area contributed by atoms with Crippen molar-refractivity contribution < 1.29 is 14.6 Å². The third-order valence-corrected chi connectivity index (χ3v) is 1.69. The molecule has 0 aliphatic heterocycles. The van der Waals surface area contributed by atoms with E-state index in [-0.39, 0.29) is 18.0 Å². The third-order valence-electron chi connectivity index (χ3n) is 1.69. The van der Waals surface area contributed by atoms with E-state index in [0.29, 0.717) is 5.56 Å². The lowest BCUT2D eigenvalue weighted by atomic mass is 10.1. The van der Waals surface area contributed by atoms with Crippen molar-refractivity contribution in [2.24, 2.45) is 0 Å². The largest absolute Gasteiger partial charge is 0.414 e. The van der Waals surface area contributed by atoms with Gasteiger partial charge in [0.15, 0.2) is 0 Å². The van der Waals surface area contributed by atoms with Crippen LogP contribution in [0.3, 0.4) is 0 Å². The summed E-state index contributed by atoms with van der Waals surface area (Å²) >= 11 is 0. The SMILES string of the molecule is CC(C)(C)NC(=O)Oc1ncccc1CO. The van der Waals surface area contributed by atoms with Gasteiger partial charge in [0.05, 0.1) is 6.61 Å². The Hall–Kier alpha value is -1.62. The number of hydrogen-bond donors (Lipinski definition) is 2. The first-order valence-electron chi connectivity index (χ1n) is 4.97. The van der Waals surface area contributed by atoms with Crippen LogP contribution in [0.15, 0.2) is 18.3 Å². The number of carbonyl (C=O) groups excluding carboxylic acids is 1. The predicted molar refractivity (Wildman–Crippen MR) is 59.1 cm³/mol. The second-order valence-electron chi connectivity index (χ2n) is 4.39. The van der Waals surface area contributed by atoms with Gasteiger partial charge in [-0.05, 0) is 32.9 Å². The molecule has 88 valence electrons. The number of aliphatic hydroxyl groups is 1. The van der Waals surface area contributed by atoms with Crippen LogP contribution in [-0.2, 0) is 6.61 Å². The van der Waals surface area contributed by atoms with Crippen molar-refractivity contribution in [2.75, 3.05) is 0 Å². The topological polar surface area (TPSA) is 71.5 Å². The van der Waals surface area contributed by atoms with Gasteiger partial charge in [-0.1, -0.05) is 0 Å². The first-order valence-corrected chi connectivity index (χ1v) is 4.97. The average molecular weight is 224 g/mol. The molecule has 5 nitrogen and oxygen atoms in total. The molecule has 0 atom stereocenters. The molecule has 0 bridgehead atoms. The van der Waals surface area contributed by atoms with Crippen molar-refractivity contribution in [3.8, 4) is 5.88 Å². The van der Waals surface area contributed by atoms with Crippen LogP contribution in [0.5, 0.6) is 5.88 Å². The van der Waals surface area contributed by atoms with Crippen LogP contribution in [0.25, 0.3) is 0 Å². The van der Waals surface area contributed by atoms with E-state index in [4.69, 9.17) is 9.84 Å². The molecular weight excluding hydrogens is 208 g/mol. The Kier molecular flexibility index (Phi) is 3.84. The van der Waals surface area contributed by atoms with E-state index in [2.05, 4.69) is 10.3 Å². The van der Waals surface area contributed by atoms with E-state index < -0.39 is 6.09 Å². The number of aromatic nitrogens is 1. The summed E-state index contributed by atoms with van der Waals surface area (Å²) in [5.41, 5.74) is 0.108. The predicted octanol–water partition coefficient (Wildman–Crippen LogP) is 1.46. The first-order chi connectivity index (χ1) is 7.42. The fraction of sp³-hybridized carbons (Fsp3) is 0.455. The van der Waals surface area contributed by atoms with Gasteiger partial charge in [-0.25, -0.2) is 9.78 Å². The van der Waals surface area contributed by atoms with Gasteiger partial charge in [0.2, 0.25) is 5.88 Å². The standard InChI is InChI=1S/C11H16N2O3/c1-11(2,3)13-10(15)16-9-8(7-14)5-4-6-12-9/h4-6,14H,7H2,1-3H3,(H,13,15). The molecule has 0 aliphatic rings. The molecule has 0 aliphatic carbocycles. The van der Waals surface area contributed by atoms with Crippen LogP contribution in [0, 0.1) is 0 Å². The minimum absolute atomic E-state index is 0.131. The quantitative estimate of drug-likeness (QED) is 0.797. The monoisotopic (exact) mass is 224 g/mol. The number of amides is 1. The summed E-state index contributed by atoms with van der Waals surface area (Å²) < 4.78 is 4.99. The summed E-state index contributed by atoms with van der Waals surface area (Å²) in [7, 11) is 0. The second kappa shape index (κ2) is 4.94. The maximum Gasteiger partial charge on any atom is 0.414 e. The zero-order chi connectivity index (χ0) is 12.2. The first kappa shape index (κ1) is 12.4. The Morgan fingerprint density at radius 2 is 2.25 bits per heavy atom. The molecule has 0 unspecified atom stereocenters. The molecule has 1 aromatic heterocycles. The Morgan fingerprint density at radius 1 is 1.56 bits per heavy atom. The van der Waals surface area contributed by atoms with Crippen LogP contribution in [-0.4, -0.2) is 21.7 Å². The summed E-state index contributed by atoms with van der Waals surface area (Å²) in [6.45, 7) is 5.32. The van der Waals surface area contributed by atoms with E-state index in [1.54, 1.807) is 12.1 Å². The number of hydrogen-bond acceptors (Lipinski definition) is 4. The summed E-state index contributed by atoms with van der Waals surface area (Å²) in [4.78, 5) is 15.3. The number of pyridine rings is 1. The summed E-state index contributed by atoms with van der Waals surface area (Å²) in [5, 5.41) is 11.6. The van der Waals surface area contributed by atoms with Crippen LogP contribution >= 0.6 is 0 Å². The number of nitrogens with zero attached hydrogens (tertiary/aromatic N) is 1. The van der Waals surface area contributed by atoms with Gasteiger partial charge in [0.25, 0.3) is 0 Å². The molecule has 2 N–H and O–H groups in total. The molecule has 0 aromatic carbocycles. The minimum Gasteiger partial charge on any atom is -0.391 e. The molecule has 0 radical (unpaired) electrons. The Bertz CT molecular complexity index is 372. The molecule has 1 aromatic rings. The molecule has 1 rings (SSSR count). The minimum atomic E-state index is -0.582. The van der Waals surface area contributed by atoms with Gasteiger partial charge in [-0.3, -0.25) is 0 Å². The lowest BCUT2D eigenvalue weighted by Crippen LogP contribution is -2.42. The lowest BCUT2D eigenvalue weighted by molar-refractivity contribution is 0.186. The fourth-order valence-corrected chi connectivity index (χ4v) is 1.06. The number of nitrogens with one attached hydrogen (secondary N) is 1. The fourth-order valence-electron chi connectivity index (χ4n) is 1.06. The van der Waals surface area contributed by atoms with Gasteiger partial charge in [0, 0.05) is 17.3 Å².